The molecule has 5 nitrogen and oxygen atoms in total. The first-order valence-corrected chi connectivity index (χ1v) is 7.84. The fraction of sp³-hybridized carbons (Fsp3) is 0.143. The minimum Gasteiger partial charge on any atom is -0.322 e. The third kappa shape index (κ3) is 3.43. The van der Waals surface area contributed by atoms with Crippen LogP contribution in [0.4, 0.5) is 10.1 Å². The highest BCUT2D eigenvalue weighted by atomic mass is 32.2. The Kier molecular flexibility index (Phi) is 4.32. The van der Waals surface area contributed by atoms with Crippen LogP contribution in [0.3, 0.4) is 0 Å². The van der Waals surface area contributed by atoms with Gasteiger partial charge in [0.15, 0.2) is 9.84 Å². The highest BCUT2D eigenvalue weighted by Crippen LogP contribution is 2.16. The fourth-order valence-corrected chi connectivity index (χ4v) is 2.55. The predicted octanol–water partition coefficient (Wildman–Crippen LogP) is 2.27. The standard InChI is InChI=1S/C14H13FN2O3S/c1-2-21(19,20)11-7-5-10(6-8-11)17-14(18)12-4-3-9-16-13(12)15/h3-9H,2H2,1H3,(H,17,18). The van der Waals surface area contributed by atoms with Gasteiger partial charge in [0.1, 0.15) is 0 Å². The summed E-state index contributed by atoms with van der Waals surface area (Å²) in [4.78, 5) is 15.4. The maximum atomic E-state index is 13.4. The van der Waals surface area contributed by atoms with Gasteiger partial charge in [0.25, 0.3) is 5.91 Å². The second-order valence-corrected chi connectivity index (χ2v) is 6.50. The summed E-state index contributed by atoms with van der Waals surface area (Å²) in [5.74, 6) is -1.51. The molecule has 0 atom stereocenters. The molecule has 1 heterocycles. The van der Waals surface area contributed by atoms with Gasteiger partial charge in [0, 0.05) is 11.9 Å². The van der Waals surface area contributed by atoms with Gasteiger partial charge in [0.2, 0.25) is 5.95 Å². The summed E-state index contributed by atoms with van der Waals surface area (Å²) in [6.45, 7) is 1.55. The highest BCUT2D eigenvalue weighted by Gasteiger charge is 2.14. The number of carbonyl (C=O) groups is 1. The van der Waals surface area contributed by atoms with Gasteiger partial charge in [-0.1, -0.05) is 6.92 Å². The van der Waals surface area contributed by atoms with Crippen LogP contribution in [-0.2, 0) is 9.84 Å². The largest absolute Gasteiger partial charge is 0.322 e. The Morgan fingerprint density at radius 1 is 1.24 bits per heavy atom. The molecule has 0 fully saturated rings. The van der Waals surface area contributed by atoms with E-state index in [1.807, 2.05) is 0 Å². The van der Waals surface area contributed by atoms with Gasteiger partial charge in [-0.3, -0.25) is 4.79 Å². The van der Waals surface area contributed by atoms with E-state index in [0.29, 0.717) is 5.69 Å². The summed E-state index contributed by atoms with van der Waals surface area (Å²) in [5, 5.41) is 2.48. The van der Waals surface area contributed by atoms with Gasteiger partial charge in [-0.15, -0.1) is 0 Å². The number of nitrogens with zero attached hydrogens (tertiary/aromatic N) is 1. The fourth-order valence-electron chi connectivity index (χ4n) is 1.67. The zero-order valence-electron chi connectivity index (χ0n) is 11.2. The molecular weight excluding hydrogens is 295 g/mol. The molecule has 1 aromatic carbocycles. The summed E-state index contributed by atoms with van der Waals surface area (Å²) in [6.07, 6.45) is 1.25. The number of sulfone groups is 1. The number of amides is 1. The van der Waals surface area contributed by atoms with Gasteiger partial charge in [-0.05, 0) is 36.4 Å². The molecule has 0 aliphatic rings. The van der Waals surface area contributed by atoms with Crippen molar-refractivity contribution in [1.29, 1.82) is 0 Å². The van der Waals surface area contributed by atoms with Crippen molar-refractivity contribution >= 4 is 21.4 Å². The first-order valence-electron chi connectivity index (χ1n) is 6.18. The van der Waals surface area contributed by atoms with E-state index in [9.17, 15) is 17.6 Å². The van der Waals surface area contributed by atoms with Gasteiger partial charge in [0.05, 0.1) is 16.2 Å². The number of pyridine rings is 1. The maximum absolute atomic E-state index is 13.4. The Morgan fingerprint density at radius 3 is 2.48 bits per heavy atom. The van der Waals surface area contributed by atoms with Crippen LogP contribution in [-0.4, -0.2) is 25.1 Å². The Labute approximate surface area is 121 Å². The summed E-state index contributed by atoms with van der Waals surface area (Å²) in [5.41, 5.74) is 0.195. The van der Waals surface area contributed by atoms with Crippen molar-refractivity contribution in [2.45, 2.75) is 11.8 Å². The Hall–Kier alpha value is -2.28. The molecule has 0 saturated carbocycles. The van der Waals surface area contributed by atoms with Crippen LogP contribution in [0.1, 0.15) is 17.3 Å². The monoisotopic (exact) mass is 308 g/mol. The summed E-state index contributed by atoms with van der Waals surface area (Å²) >= 11 is 0. The van der Waals surface area contributed by atoms with Crippen molar-refractivity contribution < 1.29 is 17.6 Å². The van der Waals surface area contributed by atoms with Crippen LogP contribution in [0.25, 0.3) is 0 Å². The van der Waals surface area contributed by atoms with Crippen molar-refractivity contribution in [2.24, 2.45) is 0 Å². The second-order valence-electron chi connectivity index (χ2n) is 4.22. The highest BCUT2D eigenvalue weighted by molar-refractivity contribution is 7.91. The zero-order chi connectivity index (χ0) is 15.5. The number of rotatable bonds is 4. The molecule has 0 saturated heterocycles. The predicted molar refractivity (Wildman–Crippen MR) is 76.3 cm³/mol. The molecule has 0 spiro atoms. The third-order valence-electron chi connectivity index (χ3n) is 2.86. The van der Waals surface area contributed by atoms with Crippen molar-refractivity contribution in [3.05, 3.63) is 54.1 Å². The van der Waals surface area contributed by atoms with Crippen molar-refractivity contribution in [3.63, 3.8) is 0 Å². The van der Waals surface area contributed by atoms with E-state index in [4.69, 9.17) is 0 Å². The molecule has 1 N–H and O–H groups in total. The zero-order valence-corrected chi connectivity index (χ0v) is 12.0. The lowest BCUT2D eigenvalue weighted by Crippen LogP contribution is -2.14. The number of hydrogen-bond donors (Lipinski definition) is 1. The second kappa shape index (κ2) is 6.01. The van der Waals surface area contributed by atoms with E-state index in [1.165, 1.54) is 42.6 Å². The smallest absolute Gasteiger partial charge is 0.260 e. The van der Waals surface area contributed by atoms with E-state index >= 15 is 0 Å². The van der Waals surface area contributed by atoms with E-state index in [1.54, 1.807) is 6.92 Å². The molecule has 21 heavy (non-hydrogen) atoms. The van der Waals surface area contributed by atoms with Crippen LogP contribution < -0.4 is 5.32 Å². The molecule has 0 unspecified atom stereocenters. The number of halogens is 1. The quantitative estimate of drug-likeness (QED) is 0.879. The topological polar surface area (TPSA) is 76.1 Å². The molecule has 2 aromatic rings. The van der Waals surface area contributed by atoms with Gasteiger partial charge < -0.3 is 5.32 Å². The van der Waals surface area contributed by atoms with Crippen LogP contribution in [0.15, 0.2) is 47.5 Å². The minimum absolute atomic E-state index is 0.000395. The van der Waals surface area contributed by atoms with E-state index in [2.05, 4.69) is 10.3 Å². The molecule has 0 radical (unpaired) electrons. The molecule has 2 rings (SSSR count). The minimum atomic E-state index is -3.29. The number of hydrogen-bond acceptors (Lipinski definition) is 4. The summed E-state index contributed by atoms with van der Waals surface area (Å²) in [7, 11) is -3.29. The van der Waals surface area contributed by atoms with Crippen molar-refractivity contribution in [1.82, 2.24) is 4.98 Å². The molecule has 110 valence electrons. The average molecular weight is 308 g/mol. The maximum Gasteiger partial charge on any atom is 0.260 e. The Morgan fingerprint density at radius 2 is 1.90 bits per heavy atom. The molecule has 7 heteroatoms. The number of benzene rings is 1. The Bertz CT molecular complexity index is 758. The Balaban J connectivity index is 2.18. The van der Waals surface area contributed by atoms with E-state index < -0.39 is 21.7 Å². The van der Waals surface area contributed by atoms with Crippen LogP contribution >= 0.6 is 0 Å². The van der Waals surface area contributed by atoms with Crippen LogP contribution in [0, 0.1) is 5.95 Å². The average Bonchev–Trinajstić information content (AvgIpc) is 2.48. The van der Waals surface area contributed by atoms with Crippen LogP contribution in [0.5, 0.6) is 0 Å². The molecule has 1 amide bonds. The lowest BCUT2D eigenvalue weighted by molar-refractivity contribution is 0.102. The van der Waals surface area contributed by atoms with Crippen LogP contribution in [0.2, 0.25) is 0 Å². The normalized spacial score (nSPS) is 11.1. The molecule has 0 aliphatic carbocycles. The number of anilines is 1. The van der Waals surface area contributed by atoms with Gasteiger partial charge in [-0.25, -0.2) is 13.4 Å². The first kappa shape index (κ1) is 15.1. The third-order valence-corrected chi connectivity index (χ3v) is 4.61. The first-order chi connectivity index (χ1) is 9.94. The lowest BCUT2D eigenvalue weighted by atomic mass is 10.2. The molecule has 0 bridgehead atoms. The number of aromatic nitrogens is 1. The number of carbonyl (C=O) groups excluding carboxylic acids is 1. The molecular formula is C14H13FN2O3S. The summed E-state index contributed by atoms with van der Waals surface area (Å²) < 4.78 is 36.7. The summed E-state index contributed by atoms with van der Waals surface area (Å²) in [6, 6.07) is 8.47. The SMILES string of the molecule is CCS(=O)(=O)c1ccc(NC(=O)c2cccnc2F)cc1. The van der Waals surface area contributed by atoms with Gasteiger partial charge >= 0.3 is 0 Å². The number of nitrogens with one attached hydrogen (secondary N) is 1. The van der Waals surface area contributed by atoms with E-state index in [0.717, 1.165) is 0 Å². The molecule has 1 aromatic heterocycles. The molecule has 0 aliphatic heterocycles. The van der Waals surface area contributed by atoms with Crippen molar-refractivity contribution in [3.8, 4) is 0 Å². The van der Waals surface area contributed by atoms with E-state index in [-0.39, 0.29) is 16.2 Å². The van der Waals surface area contributed by atoms with Crippen molar-refractivity contribution in [2.75, 3.05) is 11.1 Å². The van der Waals surface area contributed by atoms with Gasteiger partial charge in [-0.2, -0.15) is 4.39 Å². The lowest BCUT2D eigenvalue weighted by Gasteiger charge is -2.07.